The number of hydrogen-bond donors (Lipinski definition) is 1. The van der Waals surface area contributed by atoms with Crippen LogP contribution in [-0.4, -0.2) is 20.5 Å². The van der Waals surface area contributed by atoms with Gasteiger partial charge in [0.15, 0.2) is 5.65 Å². The lowest BCUT2D eigenvalue weighted by molar-refractivity contribution is 0.102. The summed E-state index contributed by atoms with van der Waals surface area (Å²) in [6.07, 6.45) is 1.70. The van der Waals surface area contributed by atoms with Crippen molar-refractivity contribution in [3.63, 3.8) is 0 Å². The summed E-state index contributed by atoms with van der Waals surface area (Å²) in [5.41, 5.74) is 1.65. The number of imidazole rings is 1. The van der Waals surface area contributed by atoms with Gasteiger partial charge in [-0.1, -0.05) is 11.6 Å². The van der Waals surface area contributed by atoms with Gasteiger partial charge in [-0.2, -0.15) is 5.10 Å². The molecule has 2 heterocycles. The largest absolute Gasteiger partial charge is 0.318 e. The molecule has 0 saturated carbocycles. The van der Waals surface area contributed by atoms with E-state index < -0.39 is 11.7 Å². The van der Waals surface area contributed by atoms with Crippen molar-refractivity contribution < 1.29 is 9.18 Å². The van der Waals surface area contributed by atoms with Crippen molar-refractivity contribution in [2.45, 2.75) is 6.92 Å². The van der Waals surface area contributed by atoms with Gasteiger partial charge >= 0.3 is 0 Å². The highest BCUT2D eigenvalue weighted by Crippen LogP contribution is 2.19. The Bertz CT molecular complexity index is 846. The number of nitrogens with one attached hydrogen (secondary N) is 1. The first-order chi connectivity index (χ1) is 10.0. The monoisotopic (exact) mass is 304 g/mol. The fraction of sp³-hybridized carbons (Fsp3) is 0.0714. The number of aromatic nitrogens is 3. The number of amides is 1. The van der Waals surface area contributed by atoms with Crippen LogP contribution in [0.4, 0.5) is 10.1 Å². The topological polar surface area (TPSA) is 59.3 Å². The van der Waals surface area contributed by atoms with Crippen molar-refractivity contribution in [3.8, 4) is 0 Å². The van der Waals surface area contributed by atoms with E-state index in [0.29, 0.717) is 5.65 Å². The van der Waals surface area contributed by atoms with Crippen LogP contribution >= 0.6 is 11.6 Å². The molecule has 0 aliphatic rings. The van der Waals surface area contributed by atoms with E-state index in [1.54, 1.807) is 12.3 Å². The Balaban J connectivity index is 1.89. The molecule has 106 valence electrons. The number of halogens is 2. The van der Waals surface area contributed by atoms with Crippen molar-refractivity contribution >= 4 is 28.8 Å². The molecule has 3 rings (SSSR count). The molecule has 3 aromatic rings. The standard InChI is InChI=1S/C14H10ClFN4O/c1-8-7-20-13(17-8)5-4-12(19-20)14(21)18-11-3-2-9(15)6-10(11)16/h2-7H,1H3,(H,18,21). The number of fused-ring (bicyclic) bond motifs is 1. The zero-order chi connectivity index (χ0) is 15.0. The fourth-order valence-electron chi connectivity index (χ4n) is 1.90. The normalized spacial score (nSPS) is 10.8. The molecule has 5 nitrogen and oxygen atoms in total. The molecule has 2 aromatic heterocycles. The third-order valence-corrected chi connectivity index (χ3v) is 3.09. The number of carbonyl (C=O) groups excluding carboxylic acids is 1. The first kappa shape index (κ1) is 13.5. The maximum Gasteiger partial charge on any atom is 0.276 e. The number of benzene rings is 1. The van der Waals surface area contributed by atoms with Gasteiger partial charge in [0, 0.05) is 5.02 Å². The minimum atomic E-state index is -0.601. The number of carbonyl (C=O) groups is 1. The second kappa shape index (κ2) is 5.14. The Labute approximate surface area is 124 Å². The fourth-order valence-corrected chi connectivity index (χ4v) is 2.06. The molecule has 0 bridgehead atoms. The average Bonchev–Trinajstić information content (AvgIpc) is 2.80. The maximum absolute atomic E-state index is 13.6. The first-order valence-electron chi connectivity index (χ1n) is 6.12. The molecule has 0 atom stereocenters. The minimum Gasteiger partial charge on any atom is -0.318 e. The molecular formula is C14H10ClFN4O. The quantitative estimate of drug-likeness (QED) is 0.791. The molecule has 21 heavy (non-hydrogen) atoms. The van der Waals surface area contributed by atoms with Gasteiger partial charge in [0.25, 0.3) is 5.91 Å². The van der Waals surface area contributed by atoms with Crippen LogP contribution in [0.3, 0.4) is 0 Å². The number of nitrogens with zero attached hydrogens (tertiary/aromatic N) is 3. The summed E-state index contributed by atoms with van der Waals surface area (Å²) in [5, 5.41) is 6.85. The highest BCUT2D eigenvalue weighted by Gasteiger charge is 2.12. The molecule has 1 amide bonds. The summed E-state index contributed by atoms with van der Waals surface area (Å²) in [6.45, 7) is 1.83. The molecule has 1 N–H and O–H groups in total. The van der Waals surface area contributed by atoms with Gasteiger partial charge in [0.1, 0.15) is 11.5 Å². The van der Waals surface area contributed by atoms with Crippen molar-refractivity contribution in [2.75, 3.05) is 5.32 Å². The summed E-state index contributed by atoms with van der Waals surface area (Å²) in [6, 6.07) is 7.23. The molecule has 7 heteroatoms. The molecule has 1 aromatic carbocycles. The zero-order valence-electron chi connectivity index (χ0n) is 11.0. The predicted octanol–water partition coefficient (Wildman–Crippen LogP) is 3.08. The van der Waals surface area contributed by atoms with E-state index in [0.717, 1.165) is 11.8 Å². The Hall–Kier alpha value is -2.47. The third kappa shape index (κ3) is 2.71. The third-order valence-electron chi connectivity index (χ3n) is 2.85. The van der Waals surface area contributed by atoms with Crippen LogP contribution in [0.2, 0.25) is 5.02 Å². The minimum absolute atomic E-state index is 0.0492. The summed E-state index contributed by atoms with van der Waals surface area (Å²) in [4.78, 5) is 16.3. The smallest absolute Gasteiger partial charge is 0.276 e. The van der Waals surface area contributed by atoms with E-state index in [9.17, 15) is 9.18 Å². The lowest BCUT2D eigenvalue weighted by Crippen LogP contribution is -2.15. The number of anilines is 1. The SMILES string of the molecule is Cc1cn2nc(C(=O)Nc3ccc(Cl)cc3F)ccc2n1. The molecule has 0 radical (unpaired) electrons. The van der Waals surface area contributed by atoms with Gasteiger partial charge in [0.05, 0.1) is 17.6 Å². The van der Waals surface area contributed by atoms with E-state index in [1.165, 1.54) is 22.7 Å². The molecule has 0 fully saturated rings. The second-order valence-electron chi connectivity index (χ2n) is 4.48. The number of hydrogen-bond acceptors (Lipinski definition) is 3. The molecule has 0 unspecified atom stereocenters. The highest BCUT2D eigenvalue weighted by molar-refractivity contribution is 6.30. The average molecular weight is 305 g/mol. The van der Waals surface area contributed by atoms with E-state index in [1.807, 2.05) is 6.92 Å². The Kier molecular flexibility index (Phi) is 3.31. The van der Waals surface area contributed by atoms with Crippen molar-refractivity contribution in [1.29, 1.82) is 0 Å². The van der Waals surface area contributed by atoms with Crippen molar-refractivity contribution in [2.24, 2.45) is 0 Å². The number of rotatable bonds is 2. The van der Waals surface area contributed by atoms with E-state index in [2.05, 4.69) is 15.4 Å². The van der Waals surface area contributed by atoms with Gasteiger partial charge < -0.3 is 5.32 Å². The molecule has 0 spiro atoms. The van der Waals surface area contributed by atoms with Crippen LogP contribution in [0.25, 0.3) is 5.65 Å². The summed E-state index contributed by atoms with van der Waals surface area (Å²) >= 11 is 5.66. The first-order valence-corrected chi connectivity index (χ1v) is 6.50. The second-order valence-corrected chi connectivity index (χ2v) is 4.92. The summed E-state index contributed by atoms with van der Waals surface area (Å²) < 4.78 is 15.2. The van der Waals surface area contributed by atoms with E-state index in [4.69, 9.17) is 11.6 Å². The van der Waals surface area contributed by atoms with Gasteiger partial charge in [-0.15, -0.1) is 0 Å². The van der Waals surface area contributed by atoms with Crippen LogP contribution in [0.5, 0.6) is 0 Å². The Morgan fingerprint density at radius 2 is 2.14 bits per heavy atom. The van der Waals surface area contributed by atoms with Crippen LogP contribution in [0, 0.1) is 12.7 Å². The van der Waals surface area contributed by atoms with Crippen molar-refractivity contribution in [3.05, 3.63) is 58.8 Å². The highest BCUT2D eigenvalue weighted by atomic mass is 35.5. The lowest BCUT2D eigenvalue weighted by Gasteiger charge is -2.06. The van der Waals surface area contributed by atoms with Gasteiger partial charge in [-0.3, -0.25) is 4.79 Å². The molecule has 0 saturated heterocycles. The number of aryl methyl sites for hydroxylation is 1. The summed E-state index contributed by atoms with van der Waals surface area (Å²) in [7, 11) is 0. The predicted molar refractivity (Wildman–Crippen MR) is 77.1 cm³/mol. The van der Waals surface area contributed by atoms with Crippen molar-refractivity contribution in [1.82, 2.24) is 14.6 Å². The van der Waals surface area contributed by atoms with Crippen LogP contribution < -0.4 is 5.32 Å². The van der Waals surface area contributed by atoms with Crippen LogP contribution in [0.15, 0.2) is 36.5 Å². The van der Waals surface area contributed by atoms with Crippen LogP contribution in [0.1, 0.15) is 16.2 Å². The van der Waals surface area contributed by atoms with Gasteiger partial charge in [0.2, 0.25) is 0 Å². The Morgan fingerprint density at radius 3 is 2.90 bits per heavy atom. The Morgan fingerprint density at radius 1 is 1.33 bits per heavy atom. The lowest BCUT2D eigenvalue weighted by atomic mass is 10.3. The van der Waals surface area contributed by atoms with Gasteiger partial charge in [-0.05, 0) is 37.3 Å². The maximum atomic E-state index is 13.6. The molecule has 0 aliphatic heterocycles. The van der Waals surface area contributed by atoms with Crippen LogP contribution in [-0.2, 0) is 0 Å². The molecule has 0 aliphatic carbocycles. The summed E-state index contributed by atoms with van der Waals surface area (Å²) in [5.74, 6) is -1.11. The molecular weight excluding hydrogens is 295 g/mol. The zero-order valence-corrected chi connectivity index (χ0v) is 11.7. The van der Waals surface area contributed by atoms with E-state index >= 15 is 0 Å². The van der Waals surface area contributed by atoms with Gasteiger partial charge in [-0.25, -0.2) is 13.9 Å². The van der Waals surface area contributed by atoms with E-state index in [-0.39, 0.29) is 16.4 Å².